The summed E-state index contributed by atoms with van der Waals surface area (Å²) < 4.78 is 5.79. The fraction of sp³-hybridized carbons (Fsp3) is 0.867. The molecule has 3 unspecified atom stereocenters. The number of carboxylic acids is 1. The molecule has 2 aliphatic heterocycles. The van der Waals surface area contributed by atoms with Gasteiger partial charge in [-0.1, -0.05) is 20.8 Å². The Kier molecular flexibility index (Phi) is 4.76. The quantitative estimate of drug-likeness (QED) is 0.813. The van der Waals surface area contributed by atoms with Crippen LogP contribution in [0.3, 0.4) is 0 Å². The molecule has 0 aliphatic carbocycles. The zero-order valence-electron chi connectivity index (χ0n) is 13.1. The summed E-state index contributed by atoms with van der Waals surface area (Å²) in [6.45, 7) is 7.91. The van der Waals surface area contributed by atoms with E-state index in [0.717, 1.165) is 12.8 Å². The van der Waals surface area contributed by atoms with E-state index in [0.29, 0.717) is 26.1 Å². The molecule has 2 aliphatic rings. The van der Waals surface area contributed by atoms with Gasteiger partial charge in [0.05, 0.1) is 12.0 Å². The van der Waals surface area contributed by atoms with Gasteiger partial charge in [0.25, 0.3) is 0 Å². The topological polar surface area (TPSA) is 78.9 Å². The monoisotopic (exact) mass is 298 g/mol. The third-order valence-corrected chi connectivity index (χ3v) is 4.40. The summed E-state index contributed by atoms with van der Waals surface area (Å²) in [6, 6.07) is -0.0299. The van der Waals surface area contributed by atoms with E-state index < -0.39 is 11.9 Å². The van der Waals surface area contributed by atoms with Gasteiger partial charge in [-0.05, 0) is 24.7 Å². The molecule has 6 nitrogen and oxygen atoms in total. The molecule has 2 heterocycles. The van der Waals surface area contributed by atoms with Crippen LogP contribution >= 0.6 is 0 Å². The first-order chi connectivity index (χ1) is 9.77. The van der Waals surface area contributed by atoms with Crippen molar-refractivity contribution in [3.05, 3.63) is 0 Å². The Morgan fingerprint density at radius 1 is 1.29 bits per heavy atom. The van der Waals surface area contributed by atoms with E-state index in [-0.39, 0.29) is 23.6 Å². The summed E-state index contributed by atoms with van der Waals surface area (Å²) in [6.07, 6.45) is 2.31. The average molecular weight is 298 g/mol. The summed E-state index contributed by atoms with van der Waals surface area (Å²) in [5.74, 6) is -1.24. The molecule has 0 saturated carbocycles. The molecule has 3 atom stereocenters. The van der Waals surface area contributed by atoms with Gasteiger partial charge in [-0.15, -0.1) is 0 Å². The number of carbonyl (C=O) groups is 2. The lowest BCUT2D eigenvalue weighted by molar-refractivity contribution is -0.141. The second kappa shape index (κ2) is 6.22. The number of aliphatic carboxylic acids is 1. The zero-order valence-corrected chi connectivity index (χ0v) is 13.1. The highest BCUT2D eigenvalue weighted by Crippen LogP contribution is 2.29. The Morgan fingerprint density at radius 3 is 2.57 bits per heavy atom. The normalized spacial score (nSPS) is 30.2. The molecule has 0 aromatic carbocycles. The molecule has 0 aromatic rings. The average Bonchev–Trinajstić information content (AvgIpc) is 2.88. The maximum absolute atomic E-state index is 12.2. The van der Waals surface area contributed by atoms with Crippen LogP contribution in [-0.2, 0) is 9.53 Å². The minimum absolute atomic E-state index is 0.0610. The lowest BCUT2D eigenvalue weighted by Gasteiger charge is -2.38. The number of amides is 2. The van der Waals surface area contributed by atoms with Gasteiger partial charge in [0.2, 0.25) is 0 Å². The van der Waals surface area contributed by atoms with Crippen LogP contribution in [0.15, 0.2) is 0 Å². The summed E-state index contributed by atoms with van der Waals surface area (Å²) in [5, 5.41) is 12.0. The Morgan fingerprint density at radius 2 is 2.00 bits per heavy atom. The van der Waals surface area contributed by atoms with E-state index in [1.54, 1.807) is 4.90 Å². The molecular weight excluding hydrogens is 272 g/mol. The minimum Gasteiger partial charge on any atom is -0.481 e. The molecule has 0 spiro atoms. The summed E-state index contributed by atoms with van der Waals surface area (Å²) in [7, 11) is 0. The molecule has 0 aromatic heterocycles. The van der Waals surface area contributed by atoms with Gasteiger partial charge < -0.3 is 20.1 Å². The Labute approximate surface area is 125 Å². The third-order valence-electron chi connectivity index (χ3n) is 4.40. The number of hydrogen-bond acceptors (Lipinski definition) is 3. The summed E-state index contributed by atoms with van der Waals surface area (Å²) in [4.78, 5) is 24.8. The first-order valence-corrected chi connectivity index (χ1v) is 7.67. The number of ether oxygens (including phenoxy) is 1. The lowest BCUT2D eigenvalue weighted by Crippen LogP contribution is -2.49. The van der Waals surface area contributed by atoms with Crippen LogP contribution in [0.5, 0.6) is 0 Å². The third kappa shape index (κ3) is 4.09. The number of nitrogens with one attached hydrogen (secondary N) is 1. The van der Waals surface area contributed by atoms with Crippen molar-refractivity contribution in [2.75, 3.05) is 19.7 Å². The molecule has 21 heavy (non-hydrogen) atoms. The fourth-order valence-electron chi connectivity index (χ4n) is 2.94. The Balaban J connectivity index is 1.84. The van der Waals surface area contributed by atoms with Crippen molar-refractivity contribution < 1.29 is 19.4 Å². The number of urea groups is 1. The van der Waals surface area contributed by atoms with Crippen LogP contribution in [0.4, 0.5) is 4.79 Å². The number of rotatable bonds is 2. The van der Waals surface area contributed by atoms with Gasteiger partial charge >= 0.3 is 12.0 Å². The molecule has 0 bridgehead atoms. The fourth-order valence-corrected chi connectivity index (χ4v) is 2.94. The van der Waals surface area contributed by atoms with Crippen molar-refractivity contribution in [2.45, 2.75) is 52.2 Å². The molecule has 2 rings (SSSR count). The van der Waals surface area contributed by atoms with Gasteiger partial charge in [0, 0.05) is 25.7 Å². The largest absolute Gasteiger partial charge is 0.481 e. The van der Waals surface area contributed by atoms with E-state index in [1.165, 1.54) is 0 Å². The van der Waals surface area contributed by atoms with Crippen LogP contribution in [0.1, 0.15) is 40.0 Å². The first-order valence-electron chi connectivity index (χ1n) is 7.67. The number of likely N-dealkylation sites (tertiary alicyclic amines) is 1. The first kappa shape index (κ1) is 16.1. The number of hydrogen-bond donors (Lipinski definition) is 2. The second-order valence-corrected chi connectivity index (χ2v) is 7.17. The van der Waals surface area contributed by atoms with Crippen LogP contribution < -0.4 is 5.32 Å². The van der Waals surface area contributed by atoms with E-state index in [9.17, 15) is 9.59 Å². The van der Waals surface area contributed by atoms with Gasteiger partial charge in [-0.2, -0.15) is 0 Å². The lowest BCUT2D eigenvalue weighted by atomic mass is 9.83. The van der Waals surface area contributed by atoms with Crippen molar-refractivity contribution in [3.8, 4) is 0 Å². The summed E-state index contributed by atoms with van der Waals surface area (Å²) in [5.41, 5.74) is 0.0610. The zero-order chi connectivity index (χ0) is 15.6. The number of carboxylic acid groups (broad SMARTS) is 1. The van der Waals surface area contributed by atoms with Crippen molar-refractivity contribution in [2.24, 2.45) is 11.3 Å². The maximum Gasteiger partial charge on any atom is 0.317 e. The molecule has 2 N–H and O–H groups in total. The molecular formula is C15H26N2O4. The van der Waals surface area contributed by atoms with Gasteiger partial charge in [0.15, 0.2) is 0 Å². The SMILES string of the molecule is CC(C)(C)C1CC(NC(=O)N2CCC(C(=O)O)C2)CCO1. The molecule has 6 heteroatoms. The highest BCUT2D eigenvalue weighted by Gasteiger charge is 2.35. The Hall–Kier alpha value is -1.30. The smallest absolute Gasteiger partial charge is 0.317 e. The molecule has 2 fully saturated rings. The second-order valence-electron chi connectivity index (χ2n) is 7.17. The molecule has 2 saturated heterocycles. The van der Waals surface area contributed by atoms with E-state index in [1.807, 2.05) is 0 Å². The number of carbonyl (C=O) groups excluding carboxylic acids is 1. The van der Waals surface area contributed by atoms with Crippen LogP contribution in [0, 0.1) is 11.3 Å². The highest BCUT2D eigenvalue weighted by molar-refractivity contribution is 5.77. The van der Waals surface area contributed by atoms with E-state index in [4.69, 9.17) is 9.84 Å². The van der Waals surface area contributed by atoms with Crippen LogP contribution in [0.25, 0.3) is 0 Å². The Bertz CT molecular complexity index is 405. The van der Waals surface area contributed by atoms with Crippen molar-refractivity contribution in [1.82, 2.24) is 10.2 Å². The van der Waals surface area contributed by atoms with E-state index >= 15 is 0 Å². The van der Waals surface area contributed by atoms with Crippen molar-refractivity contribution in [3.63, 3.8) is 0 Å². The summed E-state index contributed by atoms with van der Waals surface area (Å²) >= 11 is 0. The van der Waals surface area contributed by atoms with Gasteiger partial charge in [0.1, 0.15) is 0 Å². The van der Waals surface area contributed by atoms with Crippen molar-refractivity contribution >= 4 is 12.0 Å². The predicted molar refractivity (Wildman–Crippen MR) is 78.1 cm³/mol. The predicted octanol–water partition coefficient (Wildman–Crippen LogP) is 1.70. The minimum atomic E-state index is -0.816. The van der Waals surface area contributed by atoms with E-state index in [2.05, 4.69) is 26.1 Å². The molecule has 120 valence electrons. The van der Waals surface area contributed by atoms with Crippen LogP contribution in [-0.4, -0.2) is 53.8 Å². The maximum atomic E-state index is 12.2. The standard InChI is InChI=1S/C15H26N2O4/c1-15(2,3)12-8-11(5-7-21-12)16-14(20)17-6-4-10(9-17)13(18)19/h10-12H,4-9H2,1-3H3,(H,16,20)(H,18,19). The highest BCUT2D eigenvalue weighted by atomic mass is 16.5. The number of nitrogens with zero attached hydrogens (tertiary/aromatic N) is 1. The van der Waals surface area contributed by atoms with Crippen molar-refractivity contribution in [1.29, 1.82) is 0 Å². The molecule has 0 radical (unpaired) electrons. The van der Waals surface area contributed by atoms with Gasteiger partial charge in [-0.25, -0.2) is 4.79 Å². The molecule has 2 amide bonds. The van der Waals surface area contributed by atoms with Crippen LogP contribution in [0.2, 0.25) is 0 Å². The van der Waals surface area contributed by atoms with Gasteiger partial charge in [-0.3, -0.25) is 4.79 Å².